The van der Waals surface area contributed by atoms with Gasteiger partial charge in [-0.15, -0.1) is 0 Å². The van der Waals surface area contributed by atoms with Crippen LogP contribution in [0.3, 0.4) is 0 Å². The Balaban J connectivity index is 2.05. The van der Waals surface area contributed by atoms with Crippen LogP contribution in [0.5, 0.6) is 0 Å². The fourth-order valence-corrected chi connectivity index (χ4v) is 2.65. The van der Waals surface area contributed by atoms with Crippen LogP contribution in [0.25, 0.3) is 0 Å². The molecule has 0 radical (unpaired) electrons. The standard InChI is InChI=1S/C18H21N3O3/c1-3-5-13(4-2)17(22)21-10-8-20(9-11-21)14-6-7-15(18(23)24)16(19)12-14/h3-7,12H,1-2,8-11,19H2,(H,23,24)/b13-5+. The number of amides is 1. The van der Waals surface area contributed by atoms with E-state index in [9.17, 15) is 9.59 Å². The molecule has 0 spiro atoms. The molecule has 0 aromatic heterocycles. The molecule has 1 fully saturated rings. The SMILES string of the molecule is C=C/C=C(\C=C)C(=O)N1CCN(c2ccc(C(=O)O)c(N)c2)CC1. The predicted octanol–water partition coefficient (Wildman–Crippen LogP) is 1.91. The topological polar surface area (TPSA) is 86.9 Å². The molecule has 1 aromatic rings. The molecular weight excluding hydrogens is 306 g/mol. The van der Waals surface area contributed by atoms with E-state index >= 15 is 0 Å². The van der Waals surface area contributed by atoms with E-state index in [1.165, 1.54) is 12.1 Å². The maximum atomic E-state index is 12.4. The van der Waals surface area contributed by atoms with Gasteiger partial charge in [-0.25, -0.2) is 4.79 Å². The van der Waals surface area contributed by atoms with Crippen LogP contribution in [-0.2, 0) is 4.79 Å². The van der Waals surface area contributed by atoms with Crippen molar-refractivity contribution >= 4 is 23.3 Å². The number of anilines is 2. The van der Waals surface area contributed by atoms with E-state index < -0.39 is 5.97 Å². The van der Waals surface area contributed by atoms with Gasteiger partial charge in [-0.1, -0.05) is 31.4 Å². The van der Waals surface area contributed by atoms with Crippen molar-refractivity contribution < 1.29 is 14.7 Å². The predicted molar refractivity (Wildman–Crippen MR) is 95.1 cm³/mol. The van der Waals surface area contributed by atoms with E-state index in [2.05, 4.69) is 18.1 Å². The average molecular weight is 327 g/mol. The van der Waals surface area contributed by atoms with Crippen LogP contribution in [0.4, 0.5) is 11.4 Å². The van der Waals surface area contributed by atoms with Crippen LogP contribution in [0.15, 0.2) is 55.2 Å². The van der Waals surface area contributed by atoms with Crippen LogP contribution in [0, 0.1) is 0 Å². The van der Waals surface area contributed by atoms with Gasteiger partial charge < -0.3 is 20.6 Å². The highest BCUT2D eigenvalue weighted by Gasteiger charge is 2.23. The Morgan fingerprint density at radius 3 is 2.33 bits per heavy atom. The van der Waals surface area contributed by atoms with E-state index in [4.69, 9.17) is 10.8 Å². The number of rotatable bonds is 5. The minimum absolute atomic E-state index is 0.0645. The number of nitrogen functional groups attached to an aromatic ring is 1. The summed E-state index contributed by atoms with van der Waals surface area (Å²) in [6, 6.07) is 4.91. The lowest BCUT2D eigenvalue weighted by atomic mass is 10.1. The zero-order chi connectivity index (χ0) is 17.7. The summed E-state index contributed by atoms with van der Waals surface area (Å²) >= 11 is 0. The fourth-order valence-electron chi connectivity index (χ4n) is 2.65. The minimum atomic E-state index is -1.04. The Bertz CT molecular complexity index is 701. The molecule has 1 amide bonds. The number of nitrogens with two attached hydrogens (primary N) is 1. The van der Waals surface area contributed by atoms with E-state index in [1.807, 2.05) is 0 Å². The van der Waals surface area contributed by atoms with Crippen molar-refractivity contribution in [3.8, 4) is 0 Å². The van der Waals surface area contributed by atoms with Crippen LogP contribution in [0.2, 0.25) is 0 Å². The van der Waals surface area contributed by atoms with Gasteiger partial charge in [-0.3, -0.25) is 4.79 Å². The van der Waals surface area contributed by atoms with Gasteiger partial charge in [0.25, 0.3) is 5.91 Å². The molecule has 6 heteroatoms. The summed E-state index contributed by atoms with van der Waals surface area (Å²) in [5, 5.41) is 9.02. The summed E-state index contributed by atoms with van der Waals surface area (Å²) in [7, 11) is 0. The molecule has 126 valence electrons. The first-order chi connectivity index (χ1) is 11.5. The highest BCUT2D eigenvalue weighted by molar-refractivity contribution is 5.96. The van der Waals surface area contributed by atoms with Crippen LogP contribution in [0.1, 0.15) is 10.4 Å². The third-order valence-corrected chi connectivity index (χ3v) is 3.96. The van der Waals surface area contributed by atoms with Gasteiger partial charge in [0.2, 0.25) is 0 Å². The summed E-state index contributed by atoms with van der Waals surface area (Å²) < 4.78 is 0. The molecule has 3 N–H and O–H groups in total. The normalized spacial score (nSPS) is 15.1. The highest BCUT2D eigenvalue weighted by Crippen LogP contribution is 2.23. The first-order valence-corrected chi connectivity index (χ1v) is 7.60. The summed E-state index contributed by atoms with van der Waals surface area (Å²) in [6.45, 7) is 9.69. The van der Waals surface area contributed by atoms with Crippen molar-refractivity contribution in [3.05, 3.63) is 60.7 Å². The van der Waals surface area contributed by atoms with Gasteiger partial charge in [0.15, 0.2) is 0 Å². The molecule has 6 nitrogen and oxygen atoms in total. The maximum Gasteiger partial charge on any atom is 0.337 e. The Hall–Kier alpha value is -3.02. The largest absolute Gasteiger partial charge is 0.478 e. The molecule has 1 aliphatic heterocycles. The quantitative estimate of drug-likeness (QED) is 0.490. The van der Waals surface area contributed by atoms with Crippen molar-refractivity contribution in [2.45, 2.75) is 0 Å². The molecule has 0 aliphatic carbocycles. The number of carboxylic acids is 1. The lowest BCUT2D eigenvalue weighted by Gasteiger charge is -2.36. The third kappa shape index (κ3) is 3.65. The van der Waals surface area contributed by atoms with E-state index in [-0.39, 0.29) is 17.2 Å². The number of nitrogens with zero attached hydrogens (tertiary/aromatic N) is 2. The van der Waals surface area contributed by atoms with Gasteiger partial charge in [-0.2, -0.15) is 0 Å². The molecule has 1 heterocycles. The summed E-state index contributed by atoms with van der Waals surface area (Å²) in [6.07, 6.45) is 4.74. The number of benzene rings is 1. The molecule has 0 saturated carbocycles. The molecule has 2 rings (SSSR count). The van der Waals surface area contributed by atoms with Crippen molar-refractivity contribution in [1.82, 2.24) is 4.90 Å². The zero-order valence-electron chi connectivity index (χ0n) is 13.4. The molecule has 0 bridgehead atoms. The number of allylic oxidation sites excluding steroid dienone is 2. The maximum absolute atomic E-state index is 12.4. The first kappa shape index (κ1) is 17.3. The number of carboxylic acid groups (broad SMARTS) is 1. The summed E-state index contributed by atoms with van der Waals surface area (Å²) in [5.41, 5.74) is 7.51. The van der Waals surface area contributed by atoms with Gasteiger partial charge in [0.05, 0.1) is 5.56 Å². The number of hydrogen-bond acceptors (Lipinski definition) is 4. The van der Waals surface area contributed by atoms with E-state index in [1.54, 1.807) is 29.2 Å². The van der Waals surface area contributed by atoms with Gasteiger partial charge >= 0.3 is 5.97 Å². The number of aromatic carboxylic acids is 1. The lowest BCUT2D eigenvalue weighted by molar-refractivity contribution is -0.127. The van der Waals surface area contributed by atoms with Crippen LogP contribution >= 0.6 is 0 Å². The Morgan fingerprint density at radius 2 is 1.83 bits per heavy atom. The molecule has 1 aromatic carbocycles. The Labute approximate surface area is 141 Å². The second-order valence-electron chi connectivity index (χ2n) is 5.42. The number of piperazine rings is 1. The Morgan fingerprint density at radius 1 is 1.17 bits per heavy atom. The van der Waals surface area contributed by atoms with Gasteiger partial charge in [0.1, 0.15) is 0 Å². The fraction of sp³-hybridized carbons (Fsp3) is 0.222. The molecular formula is C18H21N3O3. The molecule has 0 atom stereocenters. The van der Waals surface area contributed by atoms with E-state index in [0.717, 1.165) is 5.69 Å². The van der Waals surface area contributed by atoms with Gasteiger partial charge in [0, 0.05) is 43.1 Å². The molecule has 0 unspecified atom stereocenters. The number of hydrogen-bond donors (Lipinski definition) is 2. The second kappa shape index (κ2) is 7.50. The molecule has 1 aliphatic rings. The average Bonchev–Trinajstić information content (AvgIpc) is 2.58. The summed E-state index contributed by atoms with van der Waals surface area (Å²) in [4.78, 5) is 27.2. The summed E-state index contributed by atoms with van der Waals surface area (Å²) in [5.74, 6) is -1.11. The van der Waals surface area contributed by atoms with Crippen molar-refractivity contribution in [1.29, 1.82) is 0 Å². The van der Waals surface area contributed by atoms with Gasteiger partial charge in [-0.05, 0) is 18.2 Å². The van der Waals surface area contributed by atoms with Crippen molar-refractivity contribution in [2.24, 2.45) is 0 Å². The highest BCUT2D eigenvalue weighted by atomic mass is 16.4. The van der Waals surface area contributed by atoms with Crippen molar-refractivity contribution in [2.75, 3.05) is 36.8 Å². The third-order valence-electron chi connectivity index (χ3n) is 3.96. The van der Waals surface area contributed by atoms with Crippen LogP contribution in [-0.4, -0.2) is 48.1 Å². The lowest BCUT2D eigenvalue weighted by Crippen LogP contribution is -2.49. The smallest absolute Gasteiger partial charge is 0.337 e. The molecule has 1 saturated heterocycles. The number of carbonyl (C=O) groups is 2. The van der Waals surface area contributed by atoms with E-state index in [0.29, 0.717) is 31.8 Å². The monoisotopic (exact) mass is 327 g/mol. The number of carbonyl (C=O) groups excluding carboxylic acids is 1. The second-order valence-corrected chi connectivity index (χ2v) is 5.42. The zero-order valence-corrected chi connectivity index (χ0v) is 13.4. The minimum Gasteiger partial charge on any atom is -0.478 e. The first-order valence-electron chi connectivity index (χ1n) is 7.60. The van der Waals surface area contributed by atoms with Crippen LogP contribution < -0.4 is 10.6 Å². The van der Waals surface area contributed by atoms with Crippen molar-refractivity contribution in [3.63, 3.8) is 0 Å². The Kier molecular flexibility index (Phi) is 5.42. The molecule has 24 heavy (non-hydrogen) atoms.